The molecule has 0 aliphatic rings. The van der Waals surface area contributed by atoms with Crippen LogP contribution in [0, 0.1) is 0 Å². The van der Waals surface area contributed by atoms with E-state index >= 15 is 0 Å². The number of hydrogen-bond acceptors (Lipinski definition) is 5. The molecule has 24 heavy (non-hydrogen) atoms. The molecule has 0 aliphatic heterocycles. The number of benzene rings is 2. The fraction of sp³-hybridized carbons (Fsp3) is 0.0625. The molecule has 1 aromatic heterocycles. The minimum Gasteiger partial charge on any atom is -0.486 e. The number of rotatable bonds is 5. The first-order valence-corrected chi connectivity index (χ1v) is 8.46. The van der Waals surface area contributed by atoms with Crippen molar-refractivity contribution < 1.29 is 9.53 Å². The maximum Gasteiger partial charge on any atom is 0.257 e. The summed E-state index contributed by atoms with van der Waals surface area (Å²) in [6.07, 6.45) is 0. The molecule has 0 fully saturated rings. The number of anilines is 1. The summed E-state index contributed by atoms with van der Waals surface area (Å²) in [5.74, 6) is 0.411. The molecular formula is C16H11Cl2N3O2S. The van der Waals surface area contributed by atoms with Crippen molar-refractivity contribution in [2.24, 2.45) is 0 Å². The Labute approximate surface area is 152 Å². The standard InChI is InChI=1S/C16H11Cl2N3O2S/c17-12-7-6-10(8-13(12)18)15(22)19-16-21-20-14(24-16)9-23-11-4-2-1-3-5-11/h1-8H,9H2,(H,19,21,22). The van der Waals surface area contributed by atoms with E-state index in [-0.39, 0.29) is 12.5 Å². The second-order valence-electron chi connectivity index (χ2n) is 4.69. The molecule has 1 heterocycles. The van der Waals surface area contributed by atoms with Crippen molar-refractivity contribution in [2.45, 2.75) is 6.61 Å². The number of hydrogen-bond donors (Lipinski definition) is 1. The van der Waals surface area contributed by atoms with E-state index in [9.17, 15) is 4.79 Å². The van der Waals surface area contributed by atoms with Gasteiger partial charge in [-0.1, -0.05) is 52.7 Å². The molecule has 0 radical (unpaired) electrons. The summed E-state index contributed by atoms with van der Waals surface area (Å²) in [6, 6.07) is 14.1. The van der Waals surface area contributed by atoms with Gasteiger partial charge in [0.25, 0.3) is 5.91 Å². The van der Waals surface area contributed by atoms with E-state index in [4.69, 9.17) is 27.9 Å². The molecule has 5 nitrogen and oxygen atoms in total. The van der Waals surface area contributed by atoms with Gasteiger partial charge in [0.1, 0.15) is 12.4 Å². The molecule has 1 N–H and O–H groups in total. The van der Waals surface area contributed by atoms with E-state index in [1.54, 1.807) is 12.1 Å². The van der Waals surface area contributed by atoms with Gasteiger partial charge >= 0.3 is 0 Å². The lowest BCUT2D eigenvalue weighted by Gasteiger charge is -2.03. The lowest BCUT2D eigenvalue weighted by atomic mass is 10.2. The Kier molecular flexibility index (Phi) is 5.30. The van der Waals surface area contributed by atoms with Crippen molar-refractivity contribution >= 4 is 45.6 Å². The third kappa shape index (κ3) is 4.23. The number of carbonyl (C=O) groups is 1. The van der Waals surface area contributed by atoms with E-state index in [2.05, 4.69) is 15.5 Å². The van der Waals surface area contributed by atoms with Crippen molar-refractivity contribution in [3.63, 3.8) is 0 Å². The Bertz CT molecular complexity index is 856. The summed E-state index contributed by atoms with van der Waals surface area (Å²) >= 11 is 13.0. The first kappa shape index (κ1) is 16.7. The van der Waals surface area contributed by atoms with E-state index < -0.39 is 0 Å². The SMILES string of the molecule is O=C(Nc1nnc(COc2ccccc2)s1)c1ccc(Cl)c(Cl)c1. The average molecular weight is 380 g/mol. The third-order valence-electron chi connectivity index (χ3n) is 2.97. The summed E-state index contributed by atoms with van der Waals surface area (Å²) < 4.78 is 5.59. The molecule has 8 heteroatoms. The number of nitrogens with zero attached hydrogens (tertiary/aromatic N) is 2. The Morgan fingerprint density at radius 2 is 1.88 bits per heavy atom. The minimum absolute atomic E-state index is 0.282. The second kappa shape index (κ2) is 7.61. The van der Waals surface area contributed by atoms with Gasteiger partial charge in [-0.05, 0) is 30.3 Å². The Morgan fingerprint density at radius 3 is 2.62 bits per heavy atom. The van der Waals surface area contributed by atoms with Crippen LogP contribution in [-0.2, 0) is 6.61 Å². The molecule has 3 aromatic rings. The van der Waals surface area contributed by atoms with Gasteiger partial charge in [0, 0.05) is 5.56 Å². The highest BCUT2D eigenvalue weighted by Gasteiger charge is 2.12. The lowest BCUT2D eigenvalue weighted by Crippen LogP contribution is -2.11. The van der Waals surface area contributed by atoms with Gasteiger partial charge < -0.3 is 4.74 Å². The molecule has 122 valence electrons. The van der Waals surface area contributed by atoms with Crippen molar-refractivity contribution in [1.29, 1.82) is 0 Å². The van der Waals surface area contributed by atoms with Crippen LogP contribution in [0.2, 0.25) is 10.0 Å². The van der Waals surface area contributed by atoms with Gasteiger partial charge in [0.2, 0.25) is 5.13 Å². The predicted octanol–water partition coefficient (Wildman–Crippen LogP) is 4.68. The van der Waals surface area contributed by atoms with Gasteiger partial charge in [-0.2, -0.15) is 0 Å². The van der Waals surface area contributed by atoms with Crippen LogP contribution in [0.5, 0.6) is 5.75 Å². The Balaban J connectivity index is 1.61. The number of ether oxygens (including phenoxy) is 1. The molecular weight excluding hydrogens is 369 g/mol. The normalized spacial score (nSPS) is 10.4. The number of aromatic nitrogens is 2. The summed E-state index contributed by atoms with van der Waals surface area (Å²) in [7, 11) is 0. The van der Waals surface area contributed by atoms with Crippen LogP contribution in [0.3, 0.4) is 0 Å². The summed E-state index contributed by atoms with van der Waals surface area (Å²) in [5, 5.41) is 12.3. The summed E-state index contributed by atoms with van der Waals surface area (Å²) in [6.45, 7) is 0.282. The molecule has 2 aromatic carbocycles. The Hall–Kier alpha value is -2.15. The van der Waals surface area contributed by atoms with Gasteiger partial charge in [-0.15, -0.1) is 10.2 Å². The van der Waals surface area contributed by atoms with Gasteiger partial charge in [0.15, 0.2) is 5.01 Å². The molecule has 1 amide bonds. The van der Waals surface area contributed by atoms with Crippen LogP contribution in [0.25, 0.3) is 0 Å². The van der Waals surface area contributed by atoms with E-state index in [0.717, 1.165) is 5.75 Å². The van der Waals surface area contributed by atoms with E-state index in [1.165, 1.54) is 17.4 Å². The van der Waals surface area contributed by atoms with Crippen LogP contribution in [-0.4, -0.2) is 16.1 Å². The minimum atomic E-state index is -0.333. The van der Waals surface area contributed by atoms with Crippen LogP contribution in [0.1, 0.15) is 15.4 Å². The topological polar surface area (TPSA) is 64.1 Å². The maximum atomic E-state index is 12.2. The smallest absolute Gasteiger partial charge is 0.257 e. The molecule has 0 saturated carbocycles. The third-order valence-corrected chi connectivity index (χ3v) is 4.53. The van der Waals surface area contributed by atoms with Crippen LogP contribution < -0.4 is 10.1 Å². The number of nitrogens with one attached hydrogen (secondary N) is 1. The largest absolute Gasteiger partial charge is 0.486 e. The van der Waals surface area contributed by atoms with Crippen molar-refractivity contribution in [2.75, 3.05) is 5.32 Å². The molecule has 3 rings (SSSR count). The van der Waals surface area contributed by atoms with Gasteiger partial charge in [0.05, 0.1) is 10.0 Å². The fourth-order valence-electron chi connectivity index (χ4n) is 1.83. The zero-order chi connectivity index (χ0) is 16.9. The average Bonchev–Trinajstić information content (AvgIpc) is 3.04. The highest BCUT2D eigenvalue weighted by molar-refractivity contribution is 7.15. The summed E-state index contributed by atoms with van der Waals surface area (Å²) in [5.41, 5.74) is 0.390. The fourth-order valence-corrected chi connectivity index (χ4v) is 2.78. The molecule has 0 bridgehead atoms. The zero-order valence-corrected chi connectivity index (χ0v) is 14.5. The van der Waals surface area contributed by atoms with Gasteiger partial charge in [-0.3, -0.25) is 10.1 Å². The monoisotopic (exact) mass is 379 g/mol. The van der Waals surface area contributed by atoms with E-state index in [1.807, 2.05) is 30.3 Å². The number of halogens is 2. The predicted molar refractivity (Wildman–Crippen MR) is 95.1 cm³/mol. The second-order valence-corrected chi connectivity index (χ2v) is 6.56. The van der Waals surface area contributed by atoms with Crippen LogP contribution in [0.4, 0.5) is 5.13 Å². The number of amides is 1. The molecule has 0 aliphatic carbocycles. The quantitative estimate of drug-likeness (QED) is 0.698. The zero-order valence-electron chi connectivity index (χ0n) is 12.2. The lowest BCUT2D eigenvalue weighted by molar-refractivity contribution is 0.102. The first-order chi connectivity index (χ1) is 11.6. The number of para-hydroxylation sites is 1. The molecule has 0 unspecified atom stereocenters. The highest BCUT2D eigenvalue weighted by Crippen LogP contribution is 2.24. The van der Waals surface area contributed by atoms with Crippen molar-refractivity contribution in [1.82, 2.24) is 10.2 Å². The first-order valence-electron chi connectivity index (χ1n) is 6.88. The molecule has 0 saturated heterocycles. The van der Waals surface area contributed by atoms with Crippen LogP contribution >= 0.6 is 34.5 Å². The molecule has 0 spiro atoms. The highest BCUT2D eigenvalue weighted by atomic mass is 35.5. The number of carbonyl (C=O) groups excluding carboxylic acids is 1. The van der Waals surface area contributed by atoms with Crippen molar-refractivity contribution in [3.05, 3.63) is 69.1 Å². The van der Waals surface area contributed by atoms with Crippen molar-refractivity contribution in [3.8, 4) is 5.75 Å². The van der Waals surface area contributed by atoms with Crippen LogP contribution in [0.15, 0.2) is 48.5 Å². The Morgan fingerprint density at radius 1 is 1.08 bits per heavy atom. The summed E-state index contributed by atoms with van der Waals surface area (Å²) in [4.78, 5) is 12.2. The van der Waals surface area contributed by atoms with Gasteiger partial charge in [-0.25, -0.2) is 0 Å². The van der Waals surface area contributed by atoms with E-state index in [0.29, 0.717) is 25.7 Å². The maximum absolute atomic E-state index is 12.2. The molecule has 0 atom stereocenters.